The Balaban J connectivity index is 2.47. The van der Waals surface area contributed by atoms with E-state index in [1.54, 1.807) is 7.11 Å². The van der Waals surface area contributed by atoms with Crippen LogP contribution in [0.15, 0.2) is 0 Å². The smallest absolute Gasteiger partial charge is 0.354 e. The molecule has 1 aliphatic carbocycles. The van der Waals surface area contributed by atoms with Gasteiger partial charge in [0.2, 0.25) is 0 Å². The molecule has 0 bridgehead atoms. The maximum atomic E-state index is 11.2. The average molecular weight is 236 g/mol. The van der Waals surface area contributed by atoms with E-state index in [4.69, 9.17) is 4.74 Å². The number of aromatic carboxylic acids is 1. The third-order valence-electron chi connectivity index (χ3n) is 3.04. The van der Waals surface area contributed by atoms with Gasteiger partial charge in [0.05, 0.1) is 0 Å². The summed E-state index contributed by atoms with van der Waals surface area (Å²) in [6, 6.07) is 0. The molecule has 0 saturated heterocycles. The Morgan fingerprint density at radius 3 is 2.94 bits per heavy atom. The number of aromatic nitrogens is 2. The largest absolute Gasteiger partial charge is 0.477 e. The summed E-state index contributed by atoms with van der Waals surface area (Å²) in [6.45, 7) is 2.38. The molecule has 0 radical (unpaired) electrons. The lowest BCUT2D eigenvalue weighted by molar-refractivity contribution is 0.0686. The van der Waals surface area contributed by atoms with E-state index >= 15 is 0 Å². The van der Waals surface area contributed by atoms with Crippen molar-refractivity contribution < 1.29 is 14.6 Å². The molecular formula is C12H16N2O3. The van der Waals surface area contributed by atoms with Crippen LogP contribution in [-0.2, 0) is 24.2 Å². The molecule has 1 unspecified atom stereocenters. The lowest BCUT2D eigenvalue weighted by Crippen LogP contribution is -2.20. The van der Waals surface area contributed by atoms with Crippen LogP contribution in [0.2, 0.25) is 0 Å². The number of carboxylic acid groups (broad SMARTS) is 1. The summed E-state index contributed by atoms with van der Waals surface area (Å²) in [5.41, 5.74) is 1.83. The summed E-state index contributed by atoms with van der Waals surface area (Å²) in [5.74, 6) is -0.0224. The van der Waals surface area contributed by atoms with Crippen LogP contribution in [0, 0.1) is 5.92 Å². The third-order valence-corrected chi connectivity index (χ3v) is 3.04. The normalized spacial score (nSPS) is 18.8. The predicted octanol–water partition coefficient (Wildman–Crippen LogP) is 1.45. The number of nitrogens with zero attached hydrogens (tertiary/aromatic N) is 2. The van der Waals surface area contributed by atoms with Crippen molar-refractivity contribution in [3.05, 3.63) is 22.8 Å². The molecule has 92 valence electrons. The minimum atomic E-state index is -0.977. The van der Waals surface area contributed by atoms with Crippen LogP contribution < -0.4 is 0 Å². The molecule has 5 nitrogen and oxygen atoms in total. The second-order valence-electron chi connectivity index (χ2n) is 4.50. The number of hydrogen-bond acceptors (Lipinski definition) is 4. The highest BCUT2D eigenvalue weighted by Gasteiger charge is 2.24. The van der Waals surface area contributed by atoms with Gasteiger partial charge in [-0.15, -0.1) is 0 Å². The Morgan fingerprint density at radius 2 is 2.29 bits per heavy atom. The fraction of sp³-hybridized carbons (Fsp3) is 0.583. The Kier molecular flexibility index (Phi) is 3.38. The maximum absolute atomic E-state index is 11.2. The van der Waals surface area contributed by atoms with Gasteiger partial charge in [-0.3, -0.25) is 0 Å². The zero-order valence-electron chi connectivity index (χ0n) is 10.1. The number of carboxylic acids is 1. The average Bonchev–Trinajstić information content (AvgIpc) is 2.28. The van der Waals surface area contributed by atoms with Crippen LogP contribution in [-0.4, -0.2) is 28.2 Å². The first-order chi connectivity index (χ1) is 8.11. The zero-order valence-corrected chi connectivity index (χ0v) is 10.1. The van der Waals surface area contributed by atoms with Gasteiger partial charge in [0, 0.05) is 18.4 Å². The molecule has 5 heteroatoms. The lowest BCUT2D eigenvalue weighted by Gasteiger charge is -2.22. The summed E-state index contributed by atoms with van der Waals surface area (Å²) >= 11 is 0. The molecule has 0 amide bonds. The van der Waals surface area contributed by atoms with Crippen molar-refractivity contribution in [1.29, 1.82) is 0 Å². The van der Waals surface area contributed by atoms with Gasteiger partial charge in [0.25, 0.3) is 0 Å². The Bertz CT molecular complexity index is 446. The predicted molar refractivity (Wildman–Crippen MR) is 60.9 cm³/mol. The number of fused-ring (bicyclic) bond motifs is 1. The van der Waals surface area contributed by atoms with Gasteiger partial charge in [-0.25, -0.2) is 14.8 Å². The zero-order chi connectivity index (χ0) is 12.4. The highest BCUT2D eigenvalue weighted by Crippen LogP contribution is 2.26. The minimum absolute atomic E-state index is 0.147. The molecule has 0 aromatic carbocycles. The van der Waals surface area contributed by atoms with Crippen molar-refractivity contribution in [2.24, 2.45) is 5.92 Å². The highest BCUT2D eigenvalue weighted by atomic mass is 16.5. The van der Waals surface area contributed by atoms with E-state index in [9.17, 15) is 9.90 Å². The molecular weight excluding hydrogens is 220 g/mol. The van der Waals surface area contributed by atoms with E-state index in [1.807, 2.05) is 0 Å². The van der Waals surface area contributed by atoms with Crippen LogP contribution >= 0.6 is 0 Å². The maximum Gasteiger partial charge on any atom is 0.354 e. The van der Waals surface area contributed by atoms with Gasteiger partial charge >= 0.3 is 5.97 Å². The van der Waals surface area contributed by atoms with Crippen molar-refractivity contribution in [2.75, 3.05) is 7.11 Å². The molecule has 2 rings (SSSR count). The van der Waals surface area contributed by atoms with E-state index in [2.05, 4.69) is 16.9 Å². The molecule has 1 atom stereocenters. The van der Waals surface area contributed by atoms with Crippen molar-refractivity contribution in [3.63, 3.8) is 0 Å². The van der Waals surface area contributed by atoms with Gasteiger partial charge in [-0.2, -0.15) is 0 Å². The summed E-state index contributed by atoms with van der Waals surface area (Å²) in [4.78, 5) is 19.7. The molecule has 1 aromatic rings. The summed E-state index contributed by atoms with van der Waals surface area (Å²) in [6.07, 6.45) is 2.63. The molecule has 1 heterocycles. The van der Waals surface area contributed by atoms with E-state index in [0.29, 0.717) is 11.7 Å². The number of rotatable bonds is 3. The second-order valence-corrected chi connectivity index (χ2v) is 4.50. The molecule has 0 fully saturated rings. The van der Waals surface area contributed by atoms with Gasteiger partial charge in [-0.05, 0) is 25.2 Å². The van der Waals surface area contributed by atoms with Gasteiger partial charge < -0.3 is 9.84 Å². The number of methoxy groups -OCH3 is 1. The van der Waals surface area contributed by atoms with E-state index in [-0.39, 0.29) is 12.3 Å². The second kappa shape index (κ2) is 4.79. The first-order valence-electron chi connectivity index (χ1n) is 5.72. The molecule has 1 aromatic heterocycles. The highest BCUT2D eigenvalue weighted by molar-refractivity contribution is 5.87. The van der Waals surface area contributed by atoms with Crippen molar-refractivity contribution in [3.8, 4) is 0 Å². The van der Waals surface area contributed by atoms with Crippen LogP contribution in [0.25, 0.3) is 0 Å². The molecule has 17 heavy (non-hydrogen) atoms. The van der Waals surface area contributed by atoms with Crippen LogP contribution in [0.5, 0.6) is 0 Å². The van der Waals surface area contributed by atoms with E-state index < -0.39 is 5.97 Å². The van der Waals surface area contributed by atoms with Crippen molar-refractivity contribution >= 4 is 5.97 Å². The molecule has 0 spiro atoms. The molecule has 0 saturated carbocycles. The minimum Gasteiger partial charge on any atom is -0.477 e. The molecule has 0 aliphatic heterocycles. The first kappa shape index (κ1) is 12.0. The van der Waals surface area contributed by atoms with Gasteiger partial charge in [0.1, 0.15) is 6.61 Å². The summed E-state index contributed by atoms with van der Waals surface area (Å²) in [5, 5.41) is 9.19. The summed E-state index contributed by atoms with van der Waals surface area (Å²) < 4.78 is 4.96. The fourth-order valence-electron chi connectivity index (χ4n) is 2.21. The van der Waals surface area contributed by atoms with E-state index in [0.717, 1.165) is 30.5 Å². The van der Waals surface area contributed by atoms with Gasteiger partial charge in [-0.1, -0.05) is 6.92 Å². The van der Waals surface area contributed by atoms with Crippen LogP contribution in [0.1, 0.15) is 40.9 Å². The summed E-state index contributed by atoms with van der Waals surface area (Å²) in [7, 11) is 1.55. The third kappa shape index (κ3) is 2.44. The quantitative estimate of drug-likeness (QED) is 0.859. The Morgan fingerprint density at radius 1 is 1.53 bits per heavy atom. The number of carbonyl (C=O) groups is 1. The first-order valence-corrected chi connectivity index (χ1v) is 5.72. The molecule has 1 N–H and O–H groups in total. The van der Waals surface area contributed by atoms with Crippen LogP contribution in [0.3, 0.4) is 0 Å². The van der Waals surface area contributed by atoms with Crippen LogP contribution in [0.4, 0.5) is 0 Å². The SMILES string of the molecule is COCc1nc2c(c(C(=O)O)n1)CC(C)CC2. The number of ether oxygens (including phenoxy) is 1. The van der Waals surface area contributed by atoms with Crippen molar-refractivity contribution in [1.82, 2.24) is 9.97 Å². The fourth-order valence-corrected chi connectivity index (χ4v) is 2.21. The number of hydrogen-bond donors (Lipinski definition) is 1. The molecule has 1 aliphatic rings. The van der Waals surface area contributed by atoms with Gasteiger partial charge in [0.15, 0.2) is 11.5 Å². The lowest BCUT2D eigenvalue weighted by atomic mass is 9.87. The Labute approximate surface area is 99.9 Å². The monoisotopic (exact) mass is 236 g/mol. The standard InChI is InChI=1S/C12H16N2O3/c1-7-3-4-9-8(5-7)11(12(15)16)14-10(13-9)6-17-2/h7H,3-6H2,1-2H3,(H,15,16). The van der Waals surface area contributed by atoms with Crippen molar-refractivity contribution in [2.45, 2.75) is 32.8 Å². The Hall–Kier alpha value is -1.49. The number of aryl methyl sites for hydroxylation is 1. The topological polar surface area (TPSA) is 72.3 Å². The van der Waals surface area contributed by atoms with E-state index in [1.165, 1.54) is 0 Å².